The average Bonchev–Trinajstić information content (AvgIpc) is 2.73. The van der Waals surface area contributed by atoms with Crippen molar-refractivity contribution in [3.63, 3.8) is 0 Å². The first-order chi connectivity index (χ1) is 8.33. The Balaban J connectivity index is 1.82. The molecule has 1 fully saturated rings. The lowest BCUT2D eigenvalue weighted by Gasteiger charge is -2.26. The predicted octanol–water partition coefficient (Wildman–Crippen LogP) is 2.08. The number of aryl methyl sites for hydroxylation is 1. The zero-order valence-electron chi connectivity index (χ0n) is 10.1. The molecule has 0 saturated carbocycles. The average molecular weight is 227 g/mol. The van der Waals surface area contributed by atoms with Gasteiger partial charge in [-0.25, -0.2) is 0 Å². The van der Waals surface area contributed by atoms with Crippen LogP contribution in [0.3, 0.4) is 0 Å². The number of nitrogens with zero attached hydrogens (tertiary/aromatic N) is 2. The van der Waals surface area contributed by atoms with Gasteiger partial charge in [0.25, 0.3) is 0 Å². The molecule has 0 atom stereocenters. The summed E-state index contributed by atoms with van der Waals surface area (Å²) in [6.07, 6.45) is 4.12. The standard InChI is InChI=1S/C14H17N3/c1-11-4-2-3-5-14(11)13-8-16-17(10-13)9-12-6-15-7-12/h2-5,8,10,12,15H,6-7,9H2,1H3. The van der Waals surface area contributed by atoms with Gasteiger partial charge in [0.05, 0.1) is 6.20 Å². The molecule has 0 bridgehead atoms. The van der Waals surface area contributed by atoms with E-state index in [1.807, 2.05) is 6.20 Å². The molecule has 1 aromatic carbocycles. The Hall–Kier alpha value is -1.61. The van der Waals surface area contributed by atoms with Crippen LogP contribution in [0.15, 0.2) is 36.7 Å². The maximum absolute atomic E-state index is 4.44. The van der Waals surface area contributed by atoms with Crippen LogP contribution in [0.1, 0.15) is 5.56 Å². The summed E-state index contributed by atoms with van der Waals surface area (Å²) in [5, 5.41) is 7.73. The van der Waals surface area contributed by atoms with E-state index in [2.05, 4.69) is 52.5 Å². The minimum Gasteiger partial charge on any atom is -0.316 e. The van der Waals surface area contributed by atoms with E-state index in [0.29, 0.717) is 0 Å². The molecule has 0 spiro atoms. The van der Waals surface area contributed by atoms with E-state index in [-0.39, 0.29) is 0 Å². The van der Waals surface area contributed by atoms with Crippen molar-refractivity contribution in [3.05, 3.63) is 42.2 Å². The molecule has 1 aliphatic heterocycles. The quantitative estimate of drug-likeness (QED) is 0.870. The number of hydrogen-bond acceptors (Lipinski definition) is 2. The lowest BCUT2D eigenvalue weighted by Crippen LogP contribution is -2.44. The SMILES string of the molecule is Cc1ccccc1-c1cnn(CC2CNC2)c1. The van der Waals surface area contributed by atoms with Crippen LogP contribution in [0.4, 0.5) is 0 Å². The van der Waals surface area contributed by atoms with Crippen LogP contribution in [0, 0.1) is 12.8 Å². The van der Waals surface area contributed by atoms with Gasteiger partial charge in [-0.2, -0.15) is 5.10 Å². The van der Waals surface area contributed by atoms with Crippen LogP contribution in [-0.2, 0) is 6.54 Å². The summed E-state index contributed by atoms with van der Waals surface area (Å²) in [7, 11) is 0. The van der Waals surface area contributed by atoms with Crippen molar-refractivity contribution in [3.8, 4) is 11.1 Å². The van der Waals surface area contributed by atoms with Gasteiger partial charge in [-0.1, -0.05) is 24.3 Å². The first-order valence-electron chi connectivity index (χ1n) is 6.12. The van der Waals surface area contributed by atoms with Crippen LogP contribution in [0.2, 0.25) is 0 Å². The van der Waals surface area contributed by atoms with Gasteiger partial charge in [0.1, 0.15) is 0 Å². The molecule has 2 aromatic rings. The third-order valence-electron chi connectivity index (χ3n) is 3.40. The third-order valence-corrected chi connectivity index (χ3v) is 3.40. The fourth-order valence-corrected chi connectivity index (χ4v) is 2.24. The highest BCUT2D eigenvalue weighted by Crippen LogP contribution is 2.22. The maximum atomic E-state index is 4.44. The summed E-state index contributed by atoms with van der Waals surface area (Å²) in [5.74, 6) is 0.750. The molecular formula is C14H17N3. The van der Waals surface area contributed by atoms with Gasteiger partial charge in [0.15, 0.2) is 0 Å². The second-order valence-corrected chi connectivity index (χ2v) is 4.79. The molecule has 0 aliphatic carbocycles. The molecule has 88 valence electrons. The van der Waals surface area contributed by atoms with E-state index in [1.165, 1.54) is 16.7 Å². The molecule has 0 radical (unpaired) electrons. The summed E-state index contributed by atoms with van der Waals surface area (Å²) in [6, 6.07) is 8.45. The van der Waals surface area contributed by atoms with E-state index in [1.54, 1.807) is 0 Å². The number of benzene rings is 1. The Labute approximate surface area is 101 Å². The first-order valence-corrected chi connectivity index (χ1v) is 6.12. The van der Waals surface area contributed by atoms with Gasteiger partial charge in [0, 0.05) is 37.3 Å². The van der Waals surface area contributed by atoms with Crippen LogP contribution < -0.4 is 5.32 Å². The number of hydrogen-bond donors (Lipinski definition) is 1. The second-order valence-electron chi connectivity index (χ2n) is 4.79. The van der Waals surface area contributed by atoms with E-state index < -0.39 is 0 Å². The summed E-state index contributed by atoms with van der Waals surface area (Å²) >= 11 is 0. The maximum Gasteiger partial charge on any atom is 0.0568 e. The van der Waals surface area contributed by atoms with Crippen LogP contribution >= 0.6 is 0 Å². The molecule has 3 rings (SSSR count). The highest BCUT2D eigenvalue weighted by molar-refractivity contribution is 5.65. The Morgan fingerprint density at radius 1 is 1.35 bits per heavy atom. The van der Waals surface area contributed by atoms with Crippen LogP contribution in [0.5, 0.6) is 0 Å². The van der Waals surface area contributed by atoms with Crippen molar-refractivity contribution < 1.29 is 0 Å². The molecule has 0 unspecified atom stereocenters. The van der Waals surface area contributed by atoms with Crippen molar-refractivity contribution in [2.75, 3.05) is 13.1 Å². The van der Waals surface area contributed by atoms with Gasteiger partial charge < -0.3 is 5.32 Å². The van der Waals surface area contributed by atoms with Crippen LogP contribution in [-0.4, -0.2) is 22.9 Å². The van der Waals surface area contributed by atoms with Crippen molar-refractivity contribution >= 4 is 0 Å². The summed E-state index contributed by atoms with van der Waals surface area (Å²) in [5.41, 5.74) is 3.80. The molecule has 1 aromatic heterocycles. The number of aromatic nitrogens is 2. The van der Waals surface area contributed by atoms with E-state index in [9.17, 15) is 0 Å². The van der Waals surface area contributed by atoms with E-state index in [0.717, 1.165) is 25.6 Å². The Morgan fingerprint density at radius 3 is 2.88 bits per heavy atom. The molecule has 0 amide bonds. The fourth-order valence-electron chi connectivity index (χ4n) is 2.24. The molecule has 1 aliphatic rings. The molecule has 1 N–H and O–H groups in total. The lowest BCUT2D eigenvalue weighted by molar-refractivity contribution is 0.295. The van der Waals surface area contributed by atoms with Crippen molar-refractivity contribution in [2.24, 2.45) is 5.92 Å². The zero-order valence-corrected chi connectivity index (χ0v) is 10.1. The molecule has 1 saturated heterocycles. The Morgan fingerprint density at radius 2 is 2.18 bits per heavy atom. The Kier molecular flexibility index (Phi) is 2.69. The smallest absolute Gasteiger partial charge is 0.0568 e. The molecule has 17 heavy (non-hydrogen) atoms. The minimum atomic E-state index is 0.750. The topological polar surface area (TPSA) is 29.9 Å². The predicted molar refractivity (Wildman–Crippen MR) is 68.8 cm³/mol. The van der Waals surface area contributed by atoms with Gasteiger partial charge in [-0.05, 0) is 18.1 Å². The summed E-state index contributed by atoms with van der Waals surface area (Å²) in [6.45, 7) is 5.42. The molecular weight excluding hydrogens is 210 g/mol. The zero-order chi connectivity index (χ0) is 11.7. The number of nitrogens with one attached hydrogen (secondary N) is 1. The molecule has 3 heteroatoms. The minimum absolute atomic E-state index is 0.750. The van der Waals surface area contributed by atoms with Crippen molar-refractivity contribution in [1.82, 2.24) is 15.1 Å². The van der Waals surface area contributed by atoms with Gasteiger partial charge in [-0.3, -0.25) is 4.68 Å². The van der Waals surface area contributed by atoms with Gasteiger partial charge >= 0.3 is 0 Å². The largest absolute Gasteiger partial charge is 0.316 e. The van der Waals surface area contributed by atoms with Crippen LogP contribution in [0.25, 0.3) is 11.1 Å². The van der Waals surface area contributed by atoms with Gasteiger partial charge in [-0.15, -0.1) is 0 Å². The first kappa shape index (κ1) is 10.5. The third kappa shape index (κ3) is 2.11. The Bertz CT molecular complexity index is 512. The van der Waals surface area contributed by atoms with Crippen molar-refractivity contribution in [1.29, 1.82) is 0 Å². The summed E-state index contributed by atoms with van der Waals surface area (Å²) in [4.78, 5) is 0. The lowest BCUT2D eigenvalue weighted by atomic mass is 10.0. The second kappa shape index (κ2) is 4.34. The van der Waals surface area contributed by atoms with Gasteiger partial charge in [0.2, 0.25) is 0 Å². The monoisotopic (exact) mass is 227 g/mol. The van der Waals surface area contributed by atoms with E-state index in [4.69, 9.17) is 0 Å². The molecule has 3 nitrogen and oxygen atoms in total. The highest BCUT2D eigenvalue weighted by Gasteiger charge is 2.17. The van der Waals surface area contributed by atoms with E-state index >= 15 is 0 Å². The van der Waals surface area contributed by atoms with Crippen molar-refractivity contribution in [2.45, 2.75) is 13.5 Å². The number of rotatable bonds is 3. The summed E-state index contributed by atoms with van der Waals surface area (Å²) < 4.78 is 2.06. The fraction of sp³-hybridized carbons (Fsp3) is 0.357. The molecule has 2 heterocycles. The highest BCUT2D eigenvalue weighted by atomic mass is 15.3. The normalized spacial score (nSPS) is 15.8.